The first-order chi connectivity index (χ1) is 11.1. The van der Waals surface area contributed by atoms with E-state index in [0.717, 1.165) is 19.4 Å². The molecule has 8 nitrogen and oxygen atoms in total. The van der Waals surface area contributed by atoms with Crippen LogP contribution in [0.4, 0.5) is 5.69 Å². The molecule has 1 saturated heterocycles. The number of piperidine rings is 1. The van der Waals surface area contributed by atoms with Gasteiger partial charge < -0.3 is 20.1 Å². The van der Waals surface area contributed by atoms with Crippen LogP contribution in [0.3, 0.4) is 0 Å². The summed E-state index contributed by atoms with van der Waals surface area (Å²) in [4.78, 5) is 23.1. The van der Waals surface area contributed by atoms with E-state index in [2.05, 4.69) is 10.6 Å². The third-order valence-electron chi connectivity index (χ3n) is 3.66. The van der Waals surface area contributed by atoms with Gasteiger partial charge in [-0.25, -0.2) is 0 Å². The van der Waals surface area contributed by atoms with E-state index in [9.17, 15) is 14.9 Å². The predicted octanol–water partition coefficient (Wildman–Crippen LogP) is 1.48. The molecule has 1 aliphatic rings. The van der Waals surface area contributed by atoms with Crippen molar-refractivity contribution in [3.8, 4) is 11.5 Å². The summed E-state index contributed by atoms with van der Waals surface area (Å²) >= 11 is 0. The first-order valence-corrected chi connectivity index (χ1v) is 7.57. The van der Waals surface area contributed by atoms with Crippen LogP contribution in [0.15, 0.2) is 12.1 Å². The number of rotatable bonds is 6. The summed E-state index contributed by atoms with van der Waals surface area (Å²) in [5, 5.41) is 17.3. The summed E-state index contributed by atoms with van der Waals surface area (Å²) in [5.74, 6) is 0.0636. The summed E-state index contributed by atoms with van der Waals surface area (Å²) in [5.41, 5.74) is -0.323. The van der Waals surface area contributed by atoms with E-state index in [0.29, 0.717) is 18.9 Å². The molecule has 0 spiro atoms. The number of amides is 1. The van der Waals surface area contributed by atoms with Gasteiger partial charge in [-0.3, -0.25) is 14.9 Å². The molecule has 0 aliphatic carbocycles. The Balaban J connectivity index is 2.30. The van der Waals surface area contributed by atoms with Crippen LogP contribution in [-0.4, -0.2) is 43.7 Å². The van der Waals surface area contributed by atoms with Crippen LogP contribution in [0.2, 0.25) is 0 Å². The maximum absolute atomic E-state index is 12.4. The van der Waals surface area contributed by atoms with Crippen molar-refractivity contribution in [3.05, 3.63) is 27.8 Å². The zero-order valence-electron chi connectivity index (χ0n) is 13.3. The molecule has 1 aromatic carbocycles. The fourth-order valence-electron chi connectivity index (χ4n) is 2.55. The number of benzene rings is 1. The van der Waals surface area contributed by atoms with Crippen molar-refractivity contribution in [2.45, 2.75) is 25.8 Å². The molecular formula is C15H21N3O5. The molecule has 8 heteroatoms. The minimum Gasteiger partial charge on any atom is -0.493 e. The molecule has 1 aromatic rings. The van der Waals surface area contributed by atoms with Crippen molar-refractivity contribution in [1.82, 2.24) is 10.6 Å². The van der Waals surface area contributed by atoms with Crippen LogP contribution >= 0.6 is 0 Å². The summed E-state index contributed by atoms with van der Waals surface area (Å²) < 4.78 is 10.5. The van der Waals surface area contributed by atoms with Gasteiger partial charge in [-0.15, -0.1) is 0 Å². The van der Waals surface area contributed by atoms with Crippen molar-refractivity contribution in [1.29, 1.82) is 0 Å². The standard InChI is InChI=1S/C15H21N3O5/c1-3-23-14-8-12(18(20)21)11(7-13(14)22-2)15(19)17-10-5-4-6-16-9-10/h7-8,10,16H,3-6,9H2,1-2H3,(H,17,19). The van der Waals surface area contributed by atoms with Crippen LogP contribution in [0.25, 0.3) is 0 Å². The molecule has 1 aliphatic heterocycles. The number of carbonyl (C=O) groups excluding carboxylic acids is 1. The Morgan fingerprint density at radius 3 is 2.83 bits per heavy atom. The van der Waals surface area contributed by atoms with Gasteiger partial charge in [0.2, 0.25) is 0 Å². The van der Waals surface area contributed by atoms with Crippen molar-refractivity contribution in [3.63, 3.8) is 0 Å². The third kappa shape index (κ3) is 4.10. The van der Waals surface area contributed by atoms with E-state index in [1.54, 1.807) is 6.92 Å². The fourth-order valence-corrected chi connectivity index (χ4v) is 2.55. The molecule has 2 N–H and O–H groups in total. The number of nitrogens with zero attached hydrogens (tertiary/aromatic N) is 1. The molecule has 0 saturated carbocycles. The highest BCUT2D eigenvalue weighted by Gasteiger charge is 2.26. The van der Waals surface area contributed by atoms with Crippen LogP contribution in [0.1, 0.15) is 30.1 Å². The molecule has 0 bridgehead atoms. The molecular weight excluding hydrogens is 302 g/mol. The van der Waals surface area contributed by atoms with Gasteiger partial charge >= 0.3 is 0 Å². The summed E-state index contributed by atoms with van der Waals surface area (Å²) in [6.07, 6.45) is 1.81. The lowest BCUT2D eigenvalue weighted by Gasteiger charge is -2.23. The van der Waals surface area contributed by atoms with E-state index in [4.69, 9.17) is 9.47 Å². The quantitative estimate of drug-likeness (QED) is 0.607. The minimum atomic E-state index is -0.587. The van der Waals surface area contributed by atoms with Crippen molar-refractivity contribution < 1.29 is 19.2 Å². The zero-order valence-corrected chi connectivity index (χ0v) is 13.3. The van der Waals surface area contributed by atoms with Crippen LogP contribution < -0.4 is 20.1 Å². The molecule has 1 amide bonds. The maximum Gasteiger partial charge on any atom is 0.286 e. The van der Waals surface area contributed by atoms with Gasteiger partial charge in [-0.1, -0.05) is 0 Å². The number of hydrogen-bond donors (Lipinski definition) is 2. The second kappa shape index (κ2) is 7.77. The number of methoxy groups -OCH3 is 1. The largest absolute Gasteiger partial charge is 0.493 e. The van der Waals surface area contributed by atoms with E-state index in [1.165, 1.54) is 19.2 Å². The lowest BCUT2D eigenvalue weighted by atomic mass is 10.1. The van der Waals surface area contributed by atoms with Crippen LogP contribution in [-0.2, 0) is 0 Å². The second-order valence-corrected chi connectivity index (χ2v) is 5.23. The van der Waals surface area contributed by atoms with Gasteiger partial charge in [-0.2, -0.15) is 0 Å². The van der Waals surface area contributed by atoms with Gasteiger partial charge in [0.05, 0.1) is 24.7 Å². The topological polar surface area (TPSA) is 103 Å². The number of nitro groups is 1. The lowest BCUT2D eigenvalue weighted by molar-refractivity contribution is -0.385. The zero-order chi connectivity index (χ0) is 16.8. The highest BCUT2D eigenvalue weighted by atomic mass is 16.6. The van der Waals surface area contributed by atoms with E-state index < -0.39 is 10.8 Å². The highest BCUT2D eigenvalue weighted by molar-refractivity contribution is 5.99. The first-order valence-electron chi connectivity index (χ1n) is 7.57. The number of nitrogens with one attached hydrogen (secondary N) is 2. The van der Waals surface area contributed by atoms with Crippen molar-refractivity contribution in [2.75, 3.05) is 26.8 Å². The summed E-state index contributed by atoms with van der Waals surface area (Å²) in [7, 11) is 1.43. The molecule has 0 aromatic heterocycles. The van der Waals surface area contributed by atoms with Gasteiger partial charge in [0.15, 0.2) is 11.5 Å². The predicted molar refractivity (Wildman–Crippen MR) is 84.2 cm³/mol. The van der Waals surface area contributed by atoms with Gasteiger partial charge in [0.25, 0.3) is 11.6 Å². The third-order valence-corrected chi connectivity index (χ3v) is 3.66. The Morgan fingerprint density at radius 1 is 1.48 bits per heavy atom. The molecule has 1 unspecified atom stereocenters. The fraction of sp³-hybridized carbons (Fsp3) is 0.533. The molecule has 0 radical (unpaired) electrons. The Morgan fingerprint density at radius 2 is 2.26 bits per heavy atom. The molecule has 1 atom stereocenters. The first kappa shape index (κ1) is 17.0. The van der Waals surface area contributed by atoms with Gasteiger partial charge in [-0.05, 0) is 26.3 Å². The van der Waals surface area contributed by atoms with Gasteiger partial charge in [0.1, 0.15) is 5.56 Å². The Labute approximate surface area is 134 Å². The monoisotopic (exact) mass is 323 g/mol. The van der Waals surface area contributed by atoms with Crippen LogP contribution in [0, 0.1) is 10.1 Å². The van der Waals surface area contributed by atoms with Crippen molar-refractivity contribution in [2.24, 2.45) is 0 Å². The van der Waals surface area contributed by atoms with E-state index in [1.807, 2.05) is 0 Å². The Bertz CT molecular complexity index is 585. The molecule has 1 heterocycles. The molecule has 126 valence electrons. The van der Waals surface area contributed by atoms with Crippen molar-refractivity contribution >= 4 is 11.6 Å². The Kier molecular flexibility index (Phi) is 5.75. The SMILES string of the molecule is CCOc1cc([N+](=O)[O-])c(C(=O)NC2CCCNC2)cc1OC. The number of hydrogen-bond acceptors (Lipinski definition) is 6. The second-order valence-electron chi connectivity index (χ2n) is 5.23. The minimum absolute atomic E-state index is 0.0270. The smallest absolute Gasteiger partial charge is 0.286 e. The highest BCUT2D eigenvalue weighted by Crippen LogP contribution is 2.34. The van der Waals surface area contributed by atoms with Crippen LogP contribution in [0.5, 0.6) is 11.5 Å². The molecule has 1 fully saturated rings. The van der Waals surface area contributed by atoms with E-state index >= 15 is 0 Å². The van der Waals surface area contributed by atoms with Gasteiger partial charge in [0, 0.05) is 18.7 Å². The Hall–Kier alpha value is -2.35. The number of ether oxygens (including phenoxy) is 2. The maximum atomic E-state index is 12.4. The number of carbonyl (C=O) groups is 1. The molecule has 2 rings (SSSR count). The average molecular weight is 323 g/mol. The van der Waals surface area contributed by atoms with E-state index in [-0.39, 0.29) is 23.0 Å². The number of nitro benzene ring substituents is 1. The molecule has 23 heavy (non-hydrogen) atoms. The average Bonchev–Trinajstić information content (AvgIpc) is 2.55. The summed E-state index contributed by atoms with van der Waals surface area (Å²) in [6, 6.07) is 2.55. The lowest BCUT2D eigenvalue weighted by Crippen LogP contribution is -2.45. The summed E-state index contributed by atoms with van der Waals surface area (Å²) in [6.45, 7) is 3.69. The normalized spacial score (nSPS) is 17.4.